The third-order valence-corrected chi connectivity index (χ3v) is 4.70. The Bertz CT molecular complexity index is 526. The fourth-order valence-electron chi connectivity index (χ4n) is 1.91. The molecule has 0 amide bonds. The molecule has 1 aromatic carbocycles. The number of phenolic OH excluding ortho intramolecular Hbond substituents is 1. The monoisotopic (exact) mass is 325 g/mol. The van der Waals surface area contributed by atoms with Crippen molar-refractivity contribution in [2.24, 2.45) is 0 Å². The van der Waals surface area contributed by atoms with Crippen molar-refractivity contribution in [1.82, 2.24) is 5.32 Å². The number of nitrogens with one attached hydrogen (secondary N) is 1. The second-order valence-electron chi connectivity index (χ2n) is 4.35. The molecule has 0 saturated carbocycles. The highest BCUT2D eigenvalue weighted by atomic mass is 79.9. The van der Waals surface area contributed by atoms with Gasteiger partial charge in [-0.2, -0.15) is 0 Å². The Morgan fingerprint density at radius 2 is 1.94 bits per heavy atom. The lowest BCUT2D eigenvalue weighted by Gasteiger charge is -2.19. The van der Waals surface area contributed by atoms with E-state index in [-0.39, 0.29) is 6.04 Å². The van der Waals surface area contributed by atoms with Crippen LogP contribution in [-0.4, -0.2) is 5.11 Å². The van der Waals surface area contributed by atoms with Crippen LogP contribution >= 0.6 is 27.3 Å². The molecular weight excluding hydrogens is 310 g/mol. The van der Waals surface area contributed by atoms with Gasteiger partial charge in [0.05, 0.1) is 3.79 Å². The number of benzene rings is 1. The molecule has 2 unspecified atom stereocenters. The van der Waals surface area contributed by atoms with Crippen LogP contribution in [0.15, 0.2) is 40.2 Å². The molecule has 2 atom stereocenters. The Labute approximate surface area is 120 Å². The molecule has 2 nitrogen and oxygen atoms in total. The van der Waals surface area contributed by atoms with Crippen molar-refractivity contribution < 1.29 is 5.11 Å². The molecule has 1 heterocycles. The maximum Gasteiger partial charge on any atom is 0.115 e. The van der Waals surface area contributed by atoms with Gasteiger partial charge in [0, 0.05) is 17.0 Å². The van der Waals surface area contributed by atoms with Gasteiger partial charge in [0.1, 0.15) is 5.75 Å². The summed E-state index contributed by atoms with van der Waals surface area (Å²) in [7, 11) is 0. The van der Waals surface area contributed by atoms with E-state index in [4.69, 9.17) is 0 Å². The highest BCUT2D eigenvalue weighted by Gasteiger charge is 2.12. The first-order chi connectivity index (χ1) is 8.56. The minimum atomic E-state index is 0.202. The molecule has 0 aliphatic carbocycles. The number of rotatable bonds is 4. The predicted molar refractivity (Wildman–Crippen MR) is 80.1 cm³/mol. The lowest BCUT2D eigenvalue weighted by atomic mass is 10.1. The van der Waals surface area contributed by atoms with Gasteiger partial charge in [-0.3, -0.25) is 0 Å². The average Bonchev–Trinajstić information content (AvgIpc) is 2.76. The average molecular weight is 326 g/mol. The SMILES string of the molecule is CC(NC(C)c1ccc(Br)s1)c1cccc(O)c1. The van der Waals surface area contributed by atoms with Crippen LogP contribution in [0.4, 0.5) is 0 Å². The molecule has 96 valence electrons. The second kappa shape index (κ2) is 5.87. The zero-order chi connectivity index (χ0) is 13.1. The fourth-order valence-corrected chi connectivity index (χ4v) is 3.34. The van der Waals surface area contributed by atoms with Crippen molar-refractivity contribution in [1.29, 1.82) is 0 Å². The van der Waals surface area contributed by atoms with E-state index in [1.165, 1.54) is 4.88 Å². The number of hydrogen-bond acceptors (Lipinski definition) is 3. The van der Waals surface area contributed by atoms with Crippen molar-refractivity contribution in [3.63, 3.8) is 0 Å². The van der Waals surface area contributed by atoms with Gasteiger partial charge < -0.3 is 10.4 Å². The largest absolute Gasteiger partial charge is 0.508 e. The molecule has 0 aliphatic rings. The first-order valence-corrected chi connectivity index (χ1v) is 7.47. The van der Waals surface area contributed by atoms with Gasteiger partial charge in [0.25, 0.3) is 0 Å². The van der Waals surface area contributed by atoms with Gasteiger partial charge in [-0.05, 0) is 59.6 Å². The van der Waals surface area contributed by atoms with Crippen LogP contribution in [0.5, 0.6) is 5.75 Å². The summed E-state index contributed by atoms with van der Waals surface area (Å²) in [5, 5.41) is 13.0. The van der Waals surface area contributed by atoms with E-state index >= 15 is 0 Å². The Hall–Kier alpha value is -0.840. The summed E-state index contributed by atoms with van der Waals surface area (Å²) < 4.78 is 1.15. The molecule has 0 bridgehead atoms. The maximum absolute atomic E-state index is 9.48. The van der Waals surface area contributed by atoms with Crippen LogP contribution in [0.3, 0.4) is 0 Å². The summed E-state index contributed by atoms with van der Waals surface area (Å²) in [5.74, 6) is 0.313. The van der Waals surface area contributed by atoms with E-state index in [2.05, 4.69) is 47.2 Å². The van der Waals surface area contributed by atoms with Crippen LogP contribution in [0.25, 0.3) is 0 Å². The smallest absolute Gasteiger partial charge is 0.115 e. The molecule has 0 saturated heterocycles. The van der Waals surface area contributed by atoms with Gasteiger partial charge in [-0.15, -0.1) is 11.3 Å². The molecule has 18 heavy (non-hydrogen) atoms. The second-order valence-corrected chi connectivity index (χ2v) is 6.84. The fraction of sp³-hybridized carbons (Fsp3) is 0.286. The quantitative estimate of drug-likeness (QED) is 0.859. The summed E-state index contributed by atoms with van der Waals surface area (Å²) in [6.45, 7) is 4.26. The molecule has 2 N–H and O–H groups in total. The summed E-state index contributed by atoms with van der Waals surface area (Å²) in [6, 6.07) is 12.1. The topological polar surface area (TPSA) is 32.3 Å². The van der Waals surface area contributed by atoms with E-state index in [0.29, 0.717) is 11.8 Å². The summed E-state index contributed by atoms with van der Waals surface area (Å²) >= 11 is 5.22. The molecule has 0 radical (unpaired) electrons. The Balaban J connectivity index is 2.05. The van der Waals surface area contributed by atoms with Crippen molar-refractivity contribution >= 4 is 27.3 Å². The number of hydrogen-bond donors (Lipinski definition) is 2. The Morgan fingerprint density at radius 3 is 2.56 bits per heavy atom. The van der Waals surface area contributed by atoms with Crippen molar-refractivity contribution in [3.05, 3.63) is 50.6 Å². The number of halogens is 1. The summed E-state index contributed by atoms with van der Waals surface area (Å²) in [6.07, 6.45) is 0. The minimum absolute atomic E-state index is 0.202. The molecule has 2 aromatic rings. The zero-order valence-corrected chi connectivity index (χ0v) is 12.8. The third-order valence-electron chi connectivity index (χ3n) is 2.89. The number of aromatic hydroxyl groups is 1. The first kappa shape index (κ1) is 13.6. The van der Waals surface area contributed by atoms with E-state index in [1.54, 1.807) is 23.5 Å². The Kier molecular flexibility index (Phi) is 4.43. The summed E-state index contributed by atoms with van der Waals surface area (Å²) in [4.78, 5) is 1.30. The third kappa shape index (κ3) is 3.34. The molecule has 0 aliphatic heterocycles. The van der Waals surface area contributed by atoms with Gasteiger partial charge in [-0.1, -0.05) is 12.1 Å². The van der Waals surface area contributed by atoms with Crippen molar-refractivity contribution in [2.45, 2.75) is 25.9 Å². The molecule has 4 heteroatoms. The maximum atomic E-state index is 9.48. The van der Waals surface area contributed by atoms with Gasteiger partial charge in [-0.25, -0.2) is 0 Å². The molecule has 1 aromatic heterocycles. The number of phenols is 1. The lowest BCUT2D eigenvalue weighted by molar-refractivity contribution is 0.467. The molecule has 0 fully saturated rings. The Morgan fingerprint density at radius 1 is 1.17 bits per heavy atom. The van der Waals surface area contributed by atoms with Gasteiger partial charge in [0.15, 0.2) is 0 Å². The van der Waals surface area contributed by atoms with E-state index < -0.39 is 0 Å². The van der Waals surface area contributed by atoms with Crippen LogP contribution < -0.4 is 5.32 Å². The standard InChI is InChI=1S/C14H16BrNOS/c1-9(11-4-3-5-12(17)8-11)16-10(2)13-6-7-14(15)18-13/h3-10,16-17H,1-2H3. The highest BCUT2D eigenvalue weighted by Crippen LogP contribution is 2.29. The van der Waals surface area contributed by atoms with Crippen LogP contribution in [0.1, 0.15) is 36.4 Å². The lowest BCUT2D eigenvalue weighted by Crippen LogP contribution is -2.21. The normalized spacial score (nSPS) is 14.4. The van der Waals surface area contributed by atoms with Gasteiger partial charge in [0.2, 0.25) is 0 Å². The molecular formula is C14H16BrNOS. The van der Waals surface area contributed by atoms with Crippen molar-refractivity contribution in [2.75, 3.05) is 0 Å². The first-order valence-electron chi connectivity index (χ1n) is 5.86. The minimum Gasteiger partial charge on any atom is -0.508 e. The molecule has 2 rings (SSSR count). The highest BCUT2D eigenvalue weighted by molar-refractivity contribution is 9.11. The zero-order valence-electron chi connectivity index (χ0n) is 10.4. The van der Waals surface area contributed by atoms with Crippen LogP contribution in [0.2, 0.25) is 0 Å². The van der Waals surface area contributed by atoms with Crippen LogP contribution in [-0.2, 0) is 0 Å². The molecule has 0 spiro atoms. The number of thiophene rings is 1. The summed E-state index contributed by atoms with van der Waals surface area (Å²) in [5.41, 5.74) is 1.09. The van der Waals surface area contributed by atoms with Gasteiger partial charge >= 0.3 is 0 Å². The van der Waals surface area contributed by atoms with Crippen LogP contribution in [0, 0.1) is 0 Å². The van der Waals surface area contributed by atoms with E-state index in [0.717, 1.165) is 9.35 Å². The van der Waals surface area contributed by atoms with Crippen molar-refractivity contribution in [3.8, 4) is 5.75 Å². The van der Waals surface area contributed by atoms with E-state index in [9.17, 15) is 5.11 Å². The van der Waals surface area contributed by atoms with E-state index in [1.807, 2.05) is 12.1 Å². The predicted octanol–water partition coefficient (Wildman–Crippen LogP) is 4.63.